The number of quaternary nitrogens is 1. The van der Waals surface area contributed by atoms with Gasteiger partial charge in [0.2, 0.25) is 0 Å². The van der Waals surface area contributed by atoms with E-state index in [0.29, 0.717) is 0 Å². The van der Waals surface area contributed by atoms with Gasteiger partial charge < -0.3 is 9.73 Å². The first-order chi connectivity index (χ1) is 7.92. The maximum absolute atomic E-state index is 5.82. The van der Waals surface area contributed by atoms with Crippen LogP contribution in [0.5, 0.6) is 0 Å². The van der Waals surface area contributed by atoms with Crippen LogP contribution in [0.3, 0.4) is 0 Å². The van der Waals surface area contributed by atoms with Gasteiger partial charge in [-0.3, -0.25) is 0 Å². The van der Waals surface area contributed by atoms with Crippen LogP contribution in [0, 0.1) is 0 Å². The Morgan fingerprint density at radius 1 is 1.06 bits per heavy atom. The lowest BCUT2D eigenvalue weighted by atomic mass is 10.2. The standard InChI is InChI=1S/C14H15NO/c1-2-4-11(5-3-1)14-9-8-13(16-14)10-15-12-6-7-12/h1-5,8-9,12,15H,6-7,10H2/p+1. The molecule has 1 aromatic carbocycles. The summed E-state index contributed by atoms with van der Waals surface area (Å²) in [5.41, 5.74) is 1.15. The van der Waals surface area contributed by atoms with Crippen molar-refractivity contribution in [2.24, 2.45) is 0 Å². The van der Waals surface area contributed by atoms with E-state index < -0.39 is 0 Å². The van der Waals surface area contributed by atoms with Gasteiger partial charge in [-0.2, -0.15) is 0 Å². The first-order valence-corrected chi connectivity index (χ1v) is 5.89. The van der Waals surface area contributed by atoms with Gasteiger partial charge in [0.15, 0.2) is 5.76 Å². The second-order valence-corrected chi connectivity index (χ2v) is 4.41. The van der Waals surface area contributed by atoms with Crippen molar-refractivity contribution in [2.75, 3.05) is 0 Å². The molecule has 2 aromatic rings. The molecule has 2 N–H and O–H groups in total. The van der Waals surface area contributed by atoms with Gasteiger partial charge in [-0.15, -0.1) is 0 Å². The van der Waals surface area contributed by atoms with Crippen molar-refractivity contribution >= 4 is 0 Å². The molecule has 0 saturated heterocycles. The van der Waals surface area contributed by atoms with Gasteiger partial charge in [0.1, 0.15) is 12.3 Å². The molecule has 0 radical (unpaired) electrons. The monoisotopic (exact) mass is 214 g/mol. The second kappa shape index (κ2) is 4.14. The summed E-state index contributed by atoms with van der Waals surface area (Å²) in [5, 5.41) is 2.37. The van der Waals surface area contributed by atoms with Gasteiger partial charge >= 0.3 is 0 Å². The number of furan rings is 1. The Kier molecular flexibility index (Phi) is 2.50. The fourth-order valence-electron chi connectivity index (χ4n) is 1.86. The number of rotatable bonds is 4. The molecule has 0 spiro atoms. The van der Waals surface area contributed by atoms with Crippen LogP contribution in [0.15, 0.2) is 46.9 Å². The fraction of sp³-hybridized carbons (Fsp3) is 0.286. The summed E-state index contributed by atoms with van der Waals surface area (Å²) >= 11 is 0. The van der Waals surface area contributed by atoms with Crippen LogP contribution in [0.1, 0.15) is 18.6 Å². The summed E-state index contributed by atoms with van der Waals surface area (Å²) in [4.78, 5) is 0. The highest BCUT2D eigenvalue weighted by molar-refractivity contribution is 5.57. The minimum Gasteiger partial charge on any atom is -0.455 e. The molecule has 1 fully saturated rings. The predicted molar refractivity (Wildman–Crippen MR) is 62.8 cm³/mol. The summed E-state index contributed by atoms with van der Waals surface area (Å²) < 4.78 is 5.82. The molecule has 0 aliphatic heterocycles. The van der Waals surface area contributed by atoms with E-state index in [9.17, 15) is 0 Å². The summed E-state index contributed by atoms with van der Waals surface area (Å²) in [5.74, 6) is 2.05. The molecule has 1 saturated carbocycles. The quantitative estimate of drug-likeness (QED) is 0.830. The van der Waals surface area contributed by atoms with E-state index in [1.807, 2.05) is 18.2 Å². The SMILES string of the molecule is c1ccc(-c2ccc(C[NH2+]C3CC3)o2)cc1. The third kappa shape index (κ3) is 2.17. The first-order valence-electron chi connectivity index (χ1n) is 5.89. The molecule has 0 unspecified atom stereocenters. The Morgan fingerprint density at radius 3 is 2.62 bits per heavy atom. The molecule has 1 aliphatic rings. The molecule has 1 aromatic heterocycles. The Bertz CT molecular complexity index is 457. The van der Waals surface area contributed by atoms with Gasteiger partial charge in [-0.1, -0.05) is 30.3 Å². The van der Waals surface area contributed by atoms with E-state index >= 15 is 0 Å². The Morgan fingerprint density at radius 2 is 1.88 bits per heavy atom. The highest BCUT2D eigenvalue weighted by Gasteiger charge is 2.25. The maximum Gasteiger partial charge on any atom is 0.158 e. The lowest BCUT2D eigenvalue weighted by Gasteiger charge is -1.97. The zero-order chi connectivity index (χ0) is 10.8. The van der Waals surface area contributed by atoms with E-state index in [-0.39, 0.29) is 0 Å². The lowest BCUT2D eigenvalue weighted by Crippen LogP contribution is -2.84. The molecule has 0 atom stereocenters. The number of benzene rings is 1. The number of nitrogens with two attached hydrogens (primary N) is 1. The summed E-state index contributed by atoms with van der Waals surface area (Å²) in [6, 6.07) is 15.2. The van der Waals surface area contributed by atoms with Gasteiger partial charge in [0.05, 0.1) is 6.04 Å². The van der Waals surface area contributed by atoms with Crippen LogP contribution in [-0.2, 0) is 6.54 Å². The van der Waals surface area contributed by atoms with Crippen molar-refractivity contribution in [1.29, 1.82) is 0 Å². The van der Waals surface area contributed by atoms with Gasteiger partial charge in [0, 0.05) is 18.4 Å². The minimum atomic E-state index is 0.852. The normalized spacial score (nSPS) is 15.2. The minimum absolute atomic E-state index is 0.852. The maximum atomic E-state index is 5.82. The zero-order valence-corrected chi connectivity index (χ0v) is 9.23. The molecular weight excluding hydrogens is 198 g/mol. The van der Waals surface area contributed by atoms with Crippen molar-refractivity contribution < 1.29 is 9.73 Å². The molecule has 2 nitrogen and oxygen atoms in total. The number of hydrogen-bond acceptors (Lipinski definition) is 1. The smallest absolute Gasteiger partial charge is 0.158 e. The largest absolute Gasteiger partial charge is 0.455 e. The number of hydrogen-bond donors (Lipinski definition) is 1. The van der Waals surface area contributed by atoms with Crippen LogP contribution < -0.4 is 5.32 Å². The van der Waals surface area contributed by atoms with Gasteiger partial charge in [0.25, 0.3) is 0 Å². The highest BCUT2D eigenvalue weighted by Crippen LogP contribution is 2.21. The molecule has 0 bridgehead atoms. The Balaban J connectivity index is 1.71. The van der Waals surface area contributed by atoms with Crippen molar-refractivity contribution in [2.45, 2.75) is 25.4 Å². The Labute approximate surface area is 95.3 Å². The molecular formula is C14H16NO+. The average Bonchev–Trinajstić information content (AvgIpc) is 3.05. The fourth-order valence-corrected chi connectivity index (χ4v) is 1.86. The van der Waals surface area contributed by atoms with E-state index in [2.05, 4.69) is 29.6 Å². The Hall–Kier alpha value is -1.54. The van der Waals surface area contributed by atoms with Crippen molar-refractivity contribution in [3.8, 4) is 11.3 Å². The molecule has 82 valence electrons. The molecule has 1 aliphatic carbocycles. The van der Waals surface area contributed by atoms with E-state index in [4.69, 9.17) is 4.42 Å². The van der Waals surface area contributed by atoms with Crippen LogP contribution in [0.25, 0.3) is 11.3 Å². The molecule has 0 amide bonds. The van der Waals surface area contributed by atoms with Crippen molar-refractivity contribution in [3.63, 3.8) is 0 Å². The van der Waals surface area contributed by atoms with E-state index in [1.54, 1.807) is 0 Å². The van der Waals surface area contributed by atoms with Crippen LogP contribution in [0.4, 0.5) is 0 Å². The predicted octanol–water partition coefficient (Wildman–Crippen LogP) is 2.17. The van der Waals surface area contributed by atoms with Crippen LogP contribution >= 0.6 is 0 Å². The highest BCUT2D eigenvalue weighted by atomic mass is 16.3. The first kappa shape index (κ1) is 9.67. The second-order valence-electron chi connectivity index (χ2n) is 4.41. The van der Waals surface area contributed by atoms with Crippen molar-refractivity contribution in [1.82, 2.24) is 0 Å². The zero-order valence-electron chi connectivity index (χ0n) is 9.23. The average molecular weight is 214 g/mol. The molecule has 16 heavy (non-hydrogen) atoms. The van der Waals surface area contributed by atoms with Gasteiger partial charge in [-0.25, -0.2) is 0 Å². The van der Waals surface area contributed by atoms with E-state index in [1.165, 1.54) is 12.8 Å². The third-order valence-electron chi connectivity index (χ3n) is 2.99. The van der Waals surface area contributed by atoms with Crippen molar-refractivity contribution in [3.05, 3.63) is 48.2 Å². The van der Waals surface area contributed by atoms with Gasteiger partial charge in [-0.05, 0) is 12.1 Å². The summed E-state index contributed by atoms with van der Waals surface area (Å²) in [6.45, 7) is 0.970. The molecule has 1 heterocycles. The summed E-state index contributed by atoms with van der Waals surface area (Å²) in [7, 11) is 0. The molecule has 3 rings (SSSR count). The molecule has 2 heteroatoms. The van der Waals surface area contributed by atoms with Crippen LogP contribution in [-0.4, -0.2) is 6.04 Å². The topological polar surface area (TPSA) is 29.8 Å². The summed E-state index contributed by atoms with van der Waals surface area (Å²) in [6.07, 6.45) is 2.73. The van der Waals surface area contributed by atoms with E-state index in [0.717, 1.165) is 29.7 Å². The van der Waals surface area contributed by atoms with Crippen LogP contribution in [0.2, 0.25) is 0 Å². The third-order valence-corrected chi connectivity index (χ3v) is 2.99. The lowest BCUT2D eigenvalue weighted by molar-refractivity contribution is -0.685.